The third-order valence-corrected chi connectivity index (χ3v) is 16.6. The van der Waals surface area contributed by atoms with Crippen LogP contribution in [-0.2, 0) is 101 Å². The highest BCUT2D eigenvalue weighted by molar-refractivity contribution is 6.33. The van der Waals surface area contributed by atoms with E-state index in [2.05, 4.69) is 20.7 Å². The summed E-state index contributed by atoms with van der Waals surface area (Å²) in [6.45, 7) is 13.0. The van der Waals surface area contributed by atoms with Crippen LogP contribution in [0.4, 0.5) is 0 Å². The Morgan fingerprint density at radius 3 is 1.23 bits per heavy atom. The lowest BCUT2D eigenvalue weighted by Crippen LogP contribution is -2.55. The van der Waals surface area contributed by atoms with E-state index in [1.165, 1.54) is 39.0 Å². The van der Waals surface area contributed by atoms with Gasteiger partial charge in [-0.2, -0.15) is 0 Å². The molecule has 3 aromatic carbocycles. The topological polar surface area (TPSA) is 411 Å². The average molecular weight is 1410 g/mol. The summed E-state index contributed by atoms with van der Waals surface area (Å²) in [6.07, 6.45) is 11.6. The molecule has 0 spiro atoms. The Bertz CT molecular complexity index is 3300. The SMILES string of the molecule is CC(N)C(=O)N1CCCC1C(=O)O.CCOC(=O)C(=O)CCc1ccccc1.CCOC(=O)C(CCc1ccccc1)NC(C)C(=O)N1CCCC1C(=O)NCCN1C(=O)C=CC1=O.CCOC(=O)C(CCc1ccccc1)NC(C)C(=O)N1CCCC1C(=O)O.NCCN1C(=O)C=CC1=O. The molecule has 101 heavy (non-hydrogen) atoms. The number of ether oxygens (including phenoxy) is 3. The minimum atomic E-state index is -0.987. The zero-order valence-corrected chi connectivity index (χ0v) is 58.4. The molecule has 9 N–H and O–H groups in total. The van der Waals surface area contributed by atoms with Gasteiger partial charge in [0.05, 0.1) is 37.9 Å². The number of ketones is 1. The van der Waals surface area contributed by atoms with Crippen LogP contribution in [0.2, 0.25) is 0 Å². The number of hydrogen-bond donors (Lipinski definition) is 7. The highest BCUT2D eigenvalue weighted by atomic mass is 16.5. The number of carboxylic acids is 2. The van der Waals surface area contributed by atoms with Crippen molar-refractivity contribution >= 4 is 82.9 Å². The Kier molecular flexibility index (Phi) is 36.7. The molecule has 0 aliphatic carbocycles. The number of rotatable bonds is 30. The summed E-state index contributed by atoms with van der Waals surface area (Å²) in [7, 11) is 0. The van der Waals surface area contributed by atoms with Gasteiger partial charge in [0.15, 0.2) is 0 Å². The number of nitrogens with zero attached hydrogens (tertiary/aromatic N) is 5. The summed E-state index contributed by atoms with van der Waals surface area (Å²) in [6, 6.07) is 23.8. The number of aliphatic carboxylic acids is 2. The van der Waals surface area contributed by atoms with Gasteiger partial charge in [0.1, 0.15) is 30.2 Å². The number of nitrogens with one attached hydrogen (secondary N) is 3. The maximum Gasteiger partial charge on any atom is 0.374 e. The van der Waals surface area contributed by atoms with Crippen LogP contribution in [0.5, 0.6) is 0 Å². The Morgan fingerprint density at radius 2 is 0.861 bits per heavy atom. The molecule has 0 saturated carbocycles. The summed E-state index contributed by atoms with van der Waals surface area (Å²) in [4.78, 5) is 170. The van der Waals surface area contributed by atoms with Crippen molar-refractivity contribution in [2.24, 2.45) is 11.5 Å². The number of aryl methyl sites for hydroxylation is 3. The maximum absolute atomic E-state index is 13.2. The van der Waals surface area contributed by atoms with Gasteiger partial charge in [-0.15, -0.1) is 0 Å². The lowest BCUT2D eigenvalue weighted by Gasteiger charge is -2.29. The van der Waals surface area contributed by atoms with Crippen molar-refractivity contribution in [1.29, 1.82) is 0 Å². The minimum Gasteiger partial charge on any atom is -0.480 e. The number of hydrogen-bond acceptors (Lipinski definition) is 21. The van der Waals surface area contributed by atoms with Crippen LogP contribution in [0.25, 0.3) is 0 Å². The van der Waals surface area contributed by atoms with E-state index in [4.69, 9.17) is 26.0 Å². The number of Topliss-reactive ketones (excluding diaryl/α,β-unsaturated/α-hetero) is 1. The van der Waals surface area contributed by atoms with Crippen molar-refractivity contribution in [1.82, 2.24) is 40.4 Å². The van der Waals surface area contributed by atoms with E-state index < -0.39 is 95.8 Å². The molecule has 5 aliphatic heterocycles. The van der Waals surface area contributed by atoms with E-state index in [1.54, 1.807) is 41.5 Å². The summed E-state index contributed by atoms with van der Waals surface area (Å²) < 4.78 is 15.0. The molecular formula is C72H98N10O19. The van der Waals surface area contributed by atoms with Crippen molar-refractivity contribution in [2.45, 2.75) is 167 Å². The standard InChI is InChI=1S/C26H34N4O6.C20H28N2O5.C12H14O3.C8H14N2O3.C6H8N2O2/c1-3-36-26(35)20(12-11-19-8-5-4-6-9-19)28-18(2)25(34)29-16-7-10-21(29)24(33)27-15-17-30-22(31)13-14-23(30)32;1-3-27-20(26)16(12-11-15-8-5-4-6-9-15)21-14(2)18(23)22-13-7-10-17(22)19(24)25;1-2-15-12(14)11(13)9-8-10-6-4-3-5-7-10;1-5(9)7(11)10-4-2-3-6(10)8(12)13;7-3-4-8-5(9)1-2-6(8)10/h4-6,8-9,13-14,18,20-21,28H,3,7,10-12,15-17H2,1-2H3,(H,27,33);4-6,8-9,14,16-17,21H,3,7,10-13H2,1-2H3,(H,24,25);3-7H,2,8-9H2,1H3;5-6H,2-4,9H2,1H3,(H,12,13);1-2H,3-4,7H2. The van der Waals surface area contributed by atoms with E-state index in [-0.39, 0.29) is 74.8 Å². The second kappa shape index (κ2) is 44.3. The molecule has 29 heteroatoms. The largest absolute Gasteiger partial charge is 0.480 e. The predicted octanol–water partition coefficient (Wildman–Crippen LogP) is 2.20. The molecule has 3 fully saturated rings. The third-order valence-electron chi connectivity index (χ3n) is 16.6. The lowest BCUT2D eigenvalue weighted by atomic mass is 10.0. The smallest absolute Gasteiger partial charge is 0.374 e. The van der Waals surface area contributed by atoms with Crippen LogP contribution in [0.1, 0.15) is 116 Å². The number of carbonyl (C=O) groups is 14. The number of carboxylic acid groups (broad SMARTS) is 2. The first-order valence-electron chi connectivity index (χ1n) is 34.1. The van der Waals surface area contributed by atoms with Gasteiger partial charge >= 0.3 is 29.8 Å². The summed E-state index contributed by atoms with van der Waals surface area (Å²) in [5.74, 6) is -6.44. The van der Waals surface area contributed by atoms with Crippen molar-refractivity contribution in [3.63, 3.8) is 0 Å². The zero-order valence-electron chi connectivity index (χ0n) is 58.4. The molecular weight excluding hydrogens is 1310 g/mol. The second-order valence-corrected chi connectivity index (χ2v) is 24.0. The lowest BCUT2D eigenvalue weighted by molar-refractivity contribution is -0.153. The van der Waals surface area contributed by atoms with Gasteiger partial charge in [0, 0.05) is 76.5 Å². The fourth-order valence-electron chi connectivity index (χ4n) is 11.4. The average Bonchev–Trinajstić information content (AvgIpc) is 1.82. The molecule has 0 aromatic heterocycles. The minimum absolute atomic E-state index is 0.0671. The molecule has 8 unspecified atom stereocenters. The predicted molar refractivity (Wildman–Crippen MR) is 369 cm³/mol. The van der Waals surface area contributed by atoms with E-state index in [1.807, 2.05) is 91.0 Å². The van der Waals surface area contributed by atoms with E-state index in [0.717, 1.165) is 32.9 Å². The summed E-state index contributed by atoms with van der Waals surface area (Å²) in [5.41, 5.74) is 13.8. The van der Waals surface area contributed by atoms with Gasteiger partial charge in [-0.1, -0.05) is 91.0 Å². The van der Waals surface area contributed by atoms with Crippen molar-refractivity contribution in [3.8, 4) is 0 Å². The zero-order chi connectivity index (χ0) is 74.6. The van der Waals surface area contributed by atoms with Crippen molar-refractivity contribution < 1.29 is 91.5 Å². The summed E-state index contributed by atoms with van der Waals surface area (Å²) >= 11 is 0. The number of carbonyl (C=O) groups excluding carboxylic acids is 12. The van der Waals surface area contributed by atoms with Crippen LogP contribution in [0, 0.1) is 0 Å². The van der Waals surface area contributed by atoms with Crippen LogP contribution in [0.15, 0.2) is 115 Å². The molecule has 3 aromatic rings. The normalized spacial score (nSPS) is 18.0. The number of likely N-dealkylation sites (tertiary alicyclic amines) is 3. The summed E-state index contributed by atoms with van der Waals surface area (Å²) in [5, 5.41) is 26.9. The van der Waals surface area contributed by atoms with Gasteiger partial charge in [-0.05, 0) is 129 Å². The maximum atomic E-state index is 13.2. The quantitative estimate of drug-likeness (QED) is 0.0218. The molecule has 3 saturated heterocycles. The molecule has 5 aliphatic rings. The fourth-order valence-corrected chi connectivity index (χ4v) is 11.4. The number of amides is 8. The highest BCUT2D eigenvalue weighted by Gasteiger charge is 2.40. The van der Waals surface area contributed by atoms with E-state index in [0.29, 0.717) is 96.9 Å². The van der Waals surface area contributed by atoms with Crippen LogP contribution >= 0.6 is 0 Å². The van der Waals surface area contributed by atoms with Crippen molar-refractivity contribution in [3.05, 3.63) is 132 Å². The Labute approximate surface area is 588 Å². The second-order valence-electron chi connectivity index (χ2n) is 24.0. The van der Waals surface area contributed by atoms with E-state index in [9.17, 15) is 72.2 Å². The van der Waals surface area contributed by atoms with Gasteiger partial charge in [-0.25, -0.2) is 14.4 Å². The van der Waals surface area contributed by atoms with E-state index >= 15 is 0 Å². The Balaban J connectivity index is 0.000000290. The number of imide groups is 2. The van der Waals surface area contributed by atoms with Crippen LogP contribution < -0.4 is 27.4 Å². The molecule has 0 bridgehead atoms. The van der Waals surface area contributed by atoms with Crippen LogP contribution in [-0.4, -0.2) is 232 Å². The monoisotopic (exact) mass is 1410 g/mol. The molecule has 8 rings (SSSR count). The van der Waals surface area contributed by atoms with Gasteiger partial charge < -0.3 is 55.9 Å². The molecule has 550 valence electrons. The van der Waals surface area contributed by atoms with Gasteiger partial charge in [-0.3, -0.25) is 73.2 Å². The molecule has 8 amide bonds. The fraction of sp³-hybridized carbons (Fsp3) is 0.500. The number of esters is 3. The molecule has 5 heterocycles. The molecule has 0 radical (unpaired) electrons. The first kappa shape index (κ1) is 83.6. The first-order valence-corrected chi connectivity index (χ1v) is 34.1. The Morgan fingerprint density at radius 1 is 0.505 bits per heavy atom. The third kappa shape index (κ3) is 27.7. The van der Waals surface area contributed by atoms with Gasteiger partial charge in [0.25, 0.3) is 23.6 Å². The number of nitrogens with two attached hydrogens (primary N) is 2. The number of benzene rings is 3. The van der Waals surface area contributed by atoms with Crippen molar-refractivity contribution in [2.75, 3.05) is 65.6 Å². The van der Waals surface area contributed by atoms with Gasteiger partial charge in [0.2, 0.25) is 29.4 Å². The molecule has 8 atom stereocenters. The molecule has 29 nitrogen and oxygen atoms in total. The highest BCUT2D eigenvalue weighted by Crippen LogP contribution is 2.22. The Hall–Kier alpha value is -9.84. The van der Waals surface area contributed by atoms with Crippen LogP contribution in [0.3, 0.4) is 0 Å². The first-order chi connectivity index (χ1) is 48.3.